The van der Waals surface area contributed by atoms with Crippen molar-refractivity contribution in [2.75, 3.05) is 7.11 Å². The van der Waals surface area contributed by atoms with Gasteiger partial charge in [-0.25, -0.2) is 0 Å². The zero-order valence-electron chi connectivity index (χ0n) is 10.7. The number of hydrogen-bond acceptors (Lipinski definition) is 3. The predicted molar refractivity (Wildman–Crippen MR) is 68.9 cm³/mol. The monoisotopic (exact) mass is 245 g/mol. The molecule has 0 amide bonds. The number of rotatable bonds is 3. The quantitative estimate of drug-likeness (QED) is 0.765. The van der Waals surface area contributed by atoms with Crippen LogP contribution in [0.3, 0.4) is 0 Å². The van der Waals surface area contributed by atoms with E-state index in [0.717, 1.165) is 19.4 Å². The Labute approximate surface area is 108 Å². The van der Waals surface area contributed by atoms with Gasteiger partial charge in [0.15, 0.2) is 0 Å². The summed E-state index contributed by atoms with van der Waals surface area (Å²) in [6.45, 7) is 0.962. The minimum absolute atomic E-state index is 0.0275. The molecule has 3 atom stereocenters. The molecule has 2 heterocycles. The second-order valence-electron chi connectivity index (χ2n) is 5.32. The Morgan fingerprint density at radius 2 is 2.11 bits per heavy atom. The van der Waals surface area contributed by atoms with Crippen LogP contribution in [0.5, 0.6) is 0 Å². The molecular formula is C15H19NO2. The van der Waals surface area contributed by atoms with Crippen LogP contribution in [0.25, 0.3) is 0 Å². The van der Waals surface area contributed by atoms with Crippen molar-refractivity contribution >= 4 is 5.97 Å². The summed E-state index contributed by atoms with van der Waals surface area (Å²) in [5.41, 5.74) is 1.33. The van der Waals surface area contributed by atoms with Gasteiger partial charge in [0.25, 0.3) is 0 Å². The first-order valence-corrected chi connectivity index (χ1v) is 6.67. The van der Waals surface area contributed by atoms with Gasteiger partial charge < -0.3 is 4.74 Å². The maximum atomic E-state index is 11.8. The van der Waals surface area contributed by atoms with Gasteiger partial charge >= 0.3 is 5.97 Å². The number of carbonyl (C=O) groups excluding carboxylic acids is 1. The molecule has 0 aromatic heterocycles. The van der Waals surface area contributed by atoms with E-state index in [2.05, 4.69) is 29.2 Å². The molecule has 0 unspecified atom stereocenters. The van der Waals surface area contributed by atoms with E-state index in [0.29, 0.717) is 12.1 Å². The molecule has 0 radical (unpaired) electrons. The first-order valence-electron chi connectivity index (χ1n) is 6.67. The molecule has 2 bridgehead atoms. The maximum absolute atomic E-state index is 11.8. The van der Waals surface area contributed by atoms with Gasteiger partial charge in [-0.15, -0.1) is 0 Å². The van der Waals surface area contributed by atoms with Crippen LogP contribution in [-0.4, -0.2) is 30.1 Å². The first-order chi connectivity index (χ1) is 8.79. The zero-order chi connectivity index (χ0) is 12.5. The molecule has 1 aromatic rings. The minimum Gasteiger partial charge on any atom is -0.469 e. The number of esters is 1. The van der Waals surface area contributed by atoms with Crippen molar-refractivity contribution in [2.45, 2.75) is 37.9 Å². The molecule has 1 aromatic carbocycles. The predicted octanol–water partition coefficient (Wildman–Crippen LogP) is 2.21. The maximum Gasteiger partial charge on any atom is 0.310 e. The molecule has 96 valence electrons. The summed E-state index contributed by atoms with van der Waals surface area (Å²) in [4.78, 5) is 14.2. The highest BCUT2D eigenvalue weighted by Gasteiger charge is 2.49. The van der Waals surface area contributed by atoms with Crippen molar-refractivity contribution in [1.29, 1.82) is 0 Å². The Kier molecular flexibility index (Phi) is 3.08. The lowest BCUT2D eigenvalue weighted by molar-refractivity contribution is -0.146. The van der Waals surface area contributed by atoms with Crippen LogP contribution in [0, 0.1) is 5.92 Å². The second-order valence-corrected chi connectivity index (χ2v) is 5.32. The SMILES string of the molecule is COC(=O)[C@@H]1C[C@H]2CC[C@@H]1N2Cc1ccccc1. The Morgan fingerprint density at radius 1 is 1.33 bits per heavy atom. The van der Waals surface area contributed by atoms with E-state index < -0.39 is 0 Å². The highest BCUT2D eigenvalue weighted by molar-refractivity contribution is 5.74. The first kappa shape index (κ1) is 11.7. The van der Waals surface area contributed by atoms with Crippen LogP contribution < -0.4 is 0 Å². The number of carbonyl (C=O) groups is 1. The molecular weight excluding hydrogens is 226 g/mol. The van der Waals surface area contributed by atoms with Crippen molar-refractivity contribution in [2.24, 2.45) is 5.92 Å². The van der Waals surface area contributed by atoms with Gasteiger partial charge in [-0.1, -0.05) is 30.3 Å². The summed E-state index contributed by atoms with van der Waals surface area (Å²) in [7, 11) is 1.50. The third-order valence-corrected chi connectivity index (χ3v) is 4.39. The fourth-order valence-corrected chi connectivity index (χ4v) is 3.55. The van der Waals surface area contributed by atoms with Crippen molar-refractivity contribution in [3.05, 3.63) is 35.9 Å². The Bertz CT molecular complexity index is 431. The molecule has 0 N–H and O–H groups in total. The van der Waals surface area contributed by atoms with Crippen molar-refractivity contribution in [1.82, 2.24) is 4.90 Å². The third-order valence-electron chi connectivity index (χ3n) is 4.39. The van der Waals surface area contributed by atoms with Crippen LogP contribution in [0.4, 0.5) is 0 Å². The average Bonchev–Trinajstić information content (AvgIpc) is 2.96. The van der Waals surface area contributed by atoms with E-state index in [1.165, 1.54) is 19.1 Å². The van der Waals surface area contributed by atoms with Crippen molar-refractivity contribution < 1.29 is 9.53 Å². The molecule has 18 heavy (non-hydrogen) atoms. The number of methoxy groups -OCH3 is 1. The summed E-state index contributed by atoms with van der Waals surface area (Å²) < 4.78 is 4.92. The lowest BCUT2D eigenvalue weighted by Crippen LogP contribution is -2.33. The number of ether oxygens (including phenoxy) is 1. The van der Waals surface area contributed by atoms with E-state index in [4.69, 9.17) is 4.74 Å². The van der Waals surface area contributed by atoms with Crippen molar-refractivity contribution in [3.63, 3.8) is 0 Å². The van der Waals surface area contributed by atoms with Gasteiger partial charge in [0.2, 0.25) is 0 Å². The van der Waals surface area contributed by atoms with Gasteiger partial charge in [0, 0.05) is 18.6 Å². The third kappa shape index (κ3) is 1.93. The van der Waals surface area contributed by atoms with E-state index in [-0.39, 0.29) is 11.9 Å². The number of benzene rings is 1. The van der Waals surface area contributed by atoms with Crippen LogP contribution >= 0.6 is 0 Å². The standard InChI is InChI=1S/C15H19NO2/c1-18-15(17)13-9-12-7-8-14(13)16(12)10-11-5-3-2-4-6-11/h2-6,12-14H,7-10H2,1H3/t12-,13-,14+/m1/s1. The van der Waals surface area contributed by atoms with Crippen LogP contribution in [0.2, 0.25) is 0 Å². The summed E-state index contributed by atoms with van der Waals surface area (Å²) in [5, 5.41) is 0. The fraction of sp³-hybridized carbons (Fsp3) is 0.533. The molecule has 3 heteroatoms. The molecule has 3 nitrogen and oxygen atoms in total. The van der Waals surface area contributed by atoms with Crippen LogP contribution in [-0.2, 0) is 16.1 Å². The highest BCUT2D eigenvalue weighted by Crippen LogP contribution is 2.42. The molecule has 0 spiro atoms. The van der Waals surface area contributed by atoms with E-state index in [1.807, 2.05) is 6.07 Å². The van der Waals surface area contributed by atoms with Gasteiger partial charge in [-0.3, -0.25) is 9.69 Å². The molecule has 2 aliphatic rings. The lowest BCUT2D eigenvalue weighted by Gasteiger charge is -2.23. The Morgan fingerprint density at radius 3 is 2.83 bits per heavy atom. The van der Waals surface area contributed by atoms with Gasteiger partial charge in [-0.05, 0) is 24.8 Å². The van der Waals surface area contributed by atoms with Crippen LogP contribution in [0.1, 0.15) is 24.8 Å². The lowest BCUT2D eigenvalue weighted by atomic mass is 9.89. The summed E-state index contributed by atoms with van der Waals surface area (Å²) in [5.74, 6) is 0.0673. The molecule has 0 saturated carbocycles. The van der Waals surface area contributed by atoms with E-state index >= 15 is 0 Å². The largest absolute Gasteiger partial charge is 0.469 e. The zero-order valence-corrected chi connectivity index (χ0v) is 10.7. The van der Waals surface area contributed by atoms with Gasteiger partial charge in [0.1, 0.15) is 0 Å². The Hall–Kier alpha value is -1.35. The van der Waals surface area contributed by atoms with Crippen LogP contribution in [0.15, 0.2) is 30.3 Å². The van der Waals surface area contributed by atoms with Gasteiger partial charge in [0.05, 0.1) is 13.0 Å². The topological polar surface area (TPSA) is 29.5 Å². The normalized spacial score (nSPS) is 30.6. The number of hydrogen-bond donors (Lipinski definition) is 0. The molecule has 2 saturated heterocycles. The molecule has 3 rings (SSSR count). The molecule has 2 aliphatic heterocycles. The van der Waals surface area contributed by atoms with Gasteiger partial charge in [-0.2, -0.15) is 0 Å². The van der Waals surface area contributed by atoms with E-state index in [9.17, 15) is 4.79 Å². The number of fused-ring (bicyclic) bond motifs is 2. The number of nitrogens with zero attached hydrogens (tertiary/aromatic N) is 1. The highest BCUT2D eigenvalue weighted by atomic mass is 16.5. The average molecular weight is 245 g/mol. The van der Waals surface area contributed by atoms with E-state index in [1.54, 1.807) is 0 Å². The minimum atomic E-state index is -0.0275. The summed E-state index contributed by atoms with van der Waals surface area (Å²) in [6, 6.07) is 11.5. The Balaban J connectivity index is 1.73. The summed E-state index contributed by atoms with van der Waals surface area (Å²) in [6.07, 6.45) is 3.34. The van der Waals surface area contributed by atoms with Crippen molar-refractivity contribution in [3.8, 4) is 0 Å². The molecule has 2 fully saturated rings. The smallest absolute Gasteiger partial charge is 0.310 e. The summed E-state index contributed by atoms with van der Waals surface area (Å²) >= 11 is 0. The molecule has 0 aliphatic carbocycles. The second kappa shape index (κ2) is 4.73. The fourth-order valence-electron chi connectivity index (χ4n) is 3.55.